The highest BCUT2D eigenvalue weighted by atomic mass is 32.2. The Balaban J connectivity index is 1.56. The number of rotatable bonds is 4. The number of nitrogens with one attached hydrogen (secondary N) is 1. The number of carbonyl (C=O) groups is 2. The van der Waals surface area contributed by atoms with Crippen LogP contribution in [-0.2, 0) is 26.0 Å². The fourth-order valence-corrected chi connectivity index (χ4v) is 4.84. The van der Waals surface area contributed by atoms with E-state index >= 15 is 0 Å². The number of hydrogen-bond acceptors (Lipinski definition) is 5. The average Bonchev–Trinajstić information content (AvgIpc) is 3.08. The van der Waals surface area contributed by atoms with Crippen LogP contribution in [-0.4, -0.2) is 54.2 Å². The number of sulfone groups is 1. The van der Waals surface area contributed by atoms with Crippen LogP contribution < -0.4 is 5.32 Å². The van der Waals surface area contributed by atoms with Gasteiger partial charge in [0.15, 0.2) is 9.84 Å². The molecular formula is C15H19N3O4S. The number of carbonyl (C=O) groups excluding carboxylic acids is 2. The molecule has 8 heteroatoms. The van der Waals surface area contributed by atoms with Crippen molar-refractivity contribution in [3.8, 4) is 0 Å². The van der Waals surface area contributed by atoms with Gasteiger partial charge in [-0.05, 0) is 18.6 Å². The summed E-state index contributed by atoms with van der Waals surface area (Å²) in [6, 6.07) is 5.18. The van der Waals surface area contributed by atoms with Crippen LogP contribution in [0.4, 0.5) is 0 Å². The van der Waals surface area contributed by atoms with Crippen molar-refractivity contribution in [1.29, 1.82) is 0 Å². The van der Waals surface area contributed by atoms with Crippen LogP contribution in [0.1, 0.15) is 18.5 Å². The van der Waals surface area contributed by atoms with E-state index in [9.17, 15) is 18.0 Å². The van der Waals surface area contributed by atoms with E-state index in [1.807, 2.05) is 12.1 Å². The average molecular weight is 337 g/mol. The van der Waals surface area contributed by atoms with Gasteiger partial charge in [-0.15, -0.1) is 0 Å². The Bertz CT molecular complexity index is 705. The van der Waals surface area contributed by atoms with Crippen LogP contribution in [0.3, 0.4) is 0 Å². The van der Waals surface area contributed by atoms with Crippen molar-refractivity contribution < 1.29 is 18.0 Å². The molecule has 2 saturated heterocycles. The minimum atomic E-state index is -3.04. The van der Waals surface area contributed by atoms with E-state index in [0.29, 0.717) is 19.5 Å². The van der Waals surface area contributed by atoms with Gasteiger partial charge in [-0.1, -0.05) is 6.07 Å². The Labute approximate surface area is 135 Å². The fourth-order valence-electron chi connectivity index (χ4n) is 3.11. The molecule has 0 bridgehead atoms. The van der Waals surface area contributed by atoms with Crippen molar-refractivity contribution in [2.75, 3.05) is 18.1 Å². The Morgan fingerprint density at radius 3 is 2.87 bits per heavy atom. The fraction of sp³-hybridized carbons (Fsp3) is 0.533. The van der Waals surface area contributed by atoms with Crippen LogP contribution in [0, 0.1) is 5.92 Å². The molecular weight excluding hydrogens is 318 g/mol. The number of likely N-dealkylation sites (tertiary alicyclic amines) is 1. The predicted octanol–water partition coefficient (Wildman–Crippen LogP) is -0.267. The van der Waals surface area contributed by atoms with E-state index in [2.05, 4.69) is 10.3 Å². The summed E-state index contributed by atoms with van der Waals surface area (Å²) in [5, 5.41) is 2.79. The van der Waals surface area contributed by atoms with Gasteiger partial charge in [-0.2, -0.15) is 0 Å². The third-order valence-electron chi connectivity index (χ3n) is 4.35. The van der Waals surface area contributed by atoms with E-state index in [1.54, 1.807) is 17.2 Å². The molecule has 0 aliphatic carbocycles. The molecule has 2 atom stereocenters. The Morgan fingerprint density at radius 1 is 1.39 bits per heavy atom. The lowest BCUT2D eigenvalue weighted by atomic mass is 10.1. The molecule has 2 aliphatic heterocycles. The molecule has 2 unspecified atom stereocenters. The molecule has 124 valence electrons. The molecule has 7 nitrogen and oxygen atoms in total. The first kappa shape index (κ1) is 15.9. The van der Waals surface area contributed by atoms with Gasteiger partial charge in [0.25, 0.3) is 0 Å². The van der Waals surface area contributed by atoms with Gasteiger partial charge in [-0.25, -0.2) is 8.42 Å². The summed E-state index contributed by atoms with van der Waals surface area (Å²) in [5.41, 5.74) is 0.754. The smallest absolute Gasteiger partial charge is 0.225 e. The first-order chi connectivity index (χ1) is 10.9. The number of hydrogen-bond donors (Lipinski definition) is 1. The van der Waals surface area contributed by atoms with Gasteiger partial charge in [0, 0.05) is 25.2 Å². The quantitative estimate of drug-likeness (QED) is 0.816. The lowest BCUT2D eigenvalue weighted by Gasteiger charge is -2.22. The molecule has 23 heavy (non-hydrogen) atoms. The van der Waals surface area contributed by atoms with Crippen molar-refractivity contribution in [1.82, 2.24) is 15.2 Å². The predicted molar refractivity (Wildman–Crippen MR) is 83.0 cm³/mol. The van der Waals surface area contributed by atoms with Crippen molar-refractivity contribution in [3.63, 3.8) is 0 Å². The molecule has 1 aromatic heterocycles. The third-order valence-corrected chi connectivity index (χ3v) is 6.10. The number of pyridine rings is 1. The lowest BCUT2D eigenvalue weighted by Crippen LogP contribution is -2.39. The van der Waals surface area contributed by atoms with Crippen molar-refractivity contribution in [3.05, 3.63) is 30.1 Å². The van der Waals surface area contributed by atoms with Crippen LogP contribution in [0.2, 0.25) is 0 Å². The van der Waals surface area contributed by atoms with Crippen molar-refractivity contribution >= 4 is 21.7 Å². The monoisotopic (exact) mass is 337 g/mol. The van der Waals surface area contributed by atoms with Gasteiger partial charge in [0.2, 0.25) is 11.8 Å². The summed E-state index contributed by atoms with van der Waals surface area (Å²) in [4.78, 5) is 30.0. The first-order valence-electron chi connectivity index (χ1n) is 7.62. The standard InChI is InChI=1S/C15H19N3O4S/c19-14-7-11(9-18(14)13-4-6-23(21,22)10-13)15(20)17-8-12-3-1-2-5-16-12/h1-3,5,11,13H,4,6-10H2,(H,17,20). The molecule has 0 saturated carbocycles. The maximum atomic E-state index is 12.2. The summed E-state index contributed by atoms with van der Waals surface area (Å²) < 4.78 is 23.1. The second-order valence-electron chi connectivity index (χ2n) is 6.04. The summed E-state index contributed by atoms with van der Waals surface area (Å²) >= 11 is 0. The number of amides is 2. The zero-order valence-corrected chi connectivity index (χ0v) is 13.5. The molecule has 0 aromatic carbocycles. The molecule has 1 N–H and O–H groups in total. The van der Waals surface area contributed by atoms with Crippen LogP contribution >= 0.6 is 0 Å². The van der Waals surface area contributed by atoms with E-state index < -0.39 is 15.8 Å². The Morgan fingerprint density at radius 2 is 2.22 bits per heavy atom. The maximum absolute atomic E-state index is 12.2. The van der Waals surface area contributed by atoms with E-state index in [1.165, 1.54) is 0 Å². The first-order valence-corrected chi connectivity index (χ1v) is 9.44. The molecule has 1 aromatic rings. The summed E-state index contributed by atoms with van der Waals surface area (Å²) in [6.07, 6.45) is 2.27. The second kappa shape index (κ2) is 6.27. The second-order valence-corrected chi connectivity index (χ2v) is 8.27. The van der Waals surface area contributed by atoms with Crippen molar-refractivity contribution in [2.24, 2.45) is 5.92 Å². The molecule has 2 fully saturated rings. The van der Waals surface area contributed by atoms with E-state index in [4.69, 9.17) is 0 Å². The topological polar surface area (TPSA) is 96.4 Å². The maximum Gasteiger partial charge on any atom is 0.225 e. The normalized spacial score (nSPS) is 26.4. The summed E-state index contributed by atoms with van der Waals surface area (Å²) in [5.74, 6) is -0.606. The molecule has 3 heterocycles. The molecule has 2 aliphatic rings. The van der Waals surface area contributed by atoms with Gasteiger partial charge in [0.05, 0.1) is 29.7 Å². The summed E-state index contributed by atoms with van der Waals surface area (Å²) in [7, 11) is -3.04. The van der Waals surface area contributed by atoms with Gasteiger partial charge >= 0.3 is 0 Å². The molecule has 0 radical (unpaired) electrons. The number of nitrogens with zero attached hydrogens (tertiary/aromatic N) is 2. The Kier molecular flexibility index (Phi) is 4.34. The minimum Gasteiger partial charge on any atom is -0.350 e. The highest BCUT2D eigenvalue weighted by Gasteiger charge is 2.41. The minimum absolute atomic E-state index is 0.0149. The molecule has 3 rings (SSSR count). The molecule has 2 amide bonds. The van der Waals surface area contributed by atoms with Crippen LogP contribution in [0.15, 0.2) is 24.4 Å². The molecule has 0 spiro atoms. The number of aromatic nitrogens is 1. The zero-order chi connectivity index (χ0) is 16.4. The highest BCUT2D eigenvalue weighted by Crippen LogP contribution is 2.26. The zero-order valence-electron chi connectivity index (χ0n) is 12.6. The third kappa shape index (κ3) is 3.69. The van der Waals surface area contributed by atoms with Gasteiger partial charge < -0.3 is 10.2 Å². The summed E-state index contributed by atoms with van der Waals surface area (Å²) in [6.45, 7) is 0.620. The lowest BCUT2D eigenvalue weighted by molar-refractivity contribution is -0.130. The van der Waals surface area contributed by atoms with Gasteiger partial charge in [0.1, 0.15) is 0 Å². The SMILES string of the molecule is O=C(NCc1ccccn1)C1CC(=O)N(C2CCS(=O)(=O)C2)C1. The van der Waals surface area contributed by atoms with Crippen LogP contribution in [0.5, 0.6) is 0 Å². The van der Waals surface area contributed by atoms with E-state index in [0.717, 1.165) is 5.69 Å². The van der Waals surface area contributed by atoms with Gasteiger partial charge in [-0.3, -0.25) is 14.6 Å². The van der Waals surface area contributed by atoms with Crippen molar-refractivity contribution in [2.45, 2.75) is 25.4 Å². The highest BCUT2D eigenvalue weighted by molar-refractivity contribution is 7.91. The van der Waals surface area contributed by atoms with Crippen LogP contribution in [0.25, 0.3) is 0 Å². The Hall–Kier alpha value is -1.96. The van der Waals surface area contributed by atoms with E-state index in [-0.39, 0.29) is 35.8 Å². The largest absolute Gasteiger partial charge is 0.350 e.